The minimum Gasteiger partial charge on any atom is -0.398 e. The van der Waals surface area contributed by atoms with Crippen LogP contribution in [0.4, 0.5) is 17.1 Å². The van der Waals surface area contributed by atoms with Gasteiger partial charge in [0.1, 0.15) is 0 Å². The van der Waals surface area contributed by atoms with Crippen molar-refractivity contribution in [1.29, 1.82) is 0 Å². The molecule has 0 aliphatic carbocycles. The minimum absolute atomic E-state index is 0.799. The average molecular weight is 305 g/mol. The van der Waals surface area contributed by atoms with Gasteiger partial charge in [-0.05, 0) is 71.6 Å². The standard InChI is InChI=1S/C15H17BrN2/c1-9-5-4-6-14(11(9)3)18-15-7-10(2)13(17)8-12(15)16/h4-8,18H,17H2,1-3H3. The fourth-order valence-electron chi connectivity index (χ4n) is 1.82. The van der Waals surface area contributed by atoms with Crippen LogP contribution in [-0.2, 0) is 0 Å². The molecule has 94 valence electrons. The van der Waals surface area contributed by atoms with Crippen LogP contribution in [-0.4, -0.2) is 0 Å². The molecule has 3 N–H and O–H groups in total. The first-order valence-electron chi connectivity index (χ1n) is 5.88. The van der Waals surface area contributed by atoms with Gasteiger partial charge in [-0.1, -0.05) is 12.1 Å². The van der Waals surface area contributed by atoms with Gasteiger partial charge in [0.25, 0.3) is 0 Å². The van der Waals surface area contributed by atoms with Crippen LogP contribution in [0.5, 0.6) is 0 Å². The van der Waals surface area contributed by atoms with Gasteiger partial charge in [0.15, 0.2) is 0 Å². The van der Waals surface area contributed by atoms with Crippen molar-refractivity contribution in [2.75, 3.05) is 11.1 Å². The van der Waals surface area contributed by atoms with Gasteiger partial charge in [-0.3, -0.25) is 0 Å². The number of nitrogens with two attached hydrogens (primary N) is 1. The number of hydrogen-bond donors (Lipinski definition) is 2. The molecule has 2 aromatic rings. The van der Waals surface area contributed by atoms with Gasteiger partial charge in [-0.15, -0.1) is 0 Å². The van der Waals surface area contributed by atoms with Crippen LogP contribution < -0.4 is 11.1 Å². The Morgan fingerprint density at radius 2 is 1.72 bits per heavy atom. The van der Waals surface area contributed by atoms with Crippen LogP contribution in [0.3, 0.4) is 0 Å². The summed E-state index contributed by atoms with van der Waals surface area (Å²) in [5.74, 6) is 0. The SMILES string of the molecule is Cc1cc(Nc2cccc(C)c2C)c(Br)cc1N. The van der Waals surface area contributed by atoms with E-state index in [0.717, 1.165) is 27.1 Å². The fraction of sp³-hybridized carbons (Fsp3) is 0.200. The summed E-state index contributed by atoms with van der Waals surface area (Å²) in [7, 11) is 0. The van der Waals surface area contributed by atoms with Crippen LogP contribution in [0.25, 0.3) is 0 Å². The van der Waals surface area contributed by atoms with Gasteiger partial charge < -0.3 is 11.1 Å². The predicted molar refractivity (Wildman–Crippen MR) is 82.5 cm³/mol. The lowest BCUT2D eigenvalue weighted by atomic mass is 10.1. The second-order valence-electron chi connectivity index (χ2n) is 4.56. The smallest absolute Gasteiger partial charge is 0.0532 e. The Kier molecular flexibility index (Phi) is 3.62. The number of rotatable bonds is 2. The lowest BCUT2D eigenvalue weighted by molar-refractivity contribution is 1.32. The first-order chi connectivity index (χ1) is 8.49. The molecule has 2 nitrogen and oxygen atoms in total. The first kappa shape index (κ1) is 13.0. The Labute approximate surface area is 116 Å². The number of nitrogen functional groups attached to an aromatic ring is 1. The normalized spacial score (nSPS) is 10.4. The molecule has 0 aliphatic heterocycles. The van der Waals surface area contributed by atoms with Crippen LogP contribution >= 0.6 is 15.9 Å². The molecule has 2 rings (SSSR count). The number of halogens is 1. The van der Waals surface area contributed by atoms with E-state index in [4.69, 9.17) is 5.73 Å². The van der Waals surface area contributed by atoms with Crippen LogP contribution in [0.1, 0.15) is 16.7 Å². The minimum atomic E-state index is 0.799. The van der Waals surface area contributed by atoms with Crippen LogP contribution in [0, 0.1) is 20.8 Å². The predicted octanol–water partition coefficient (Wildman–Crippen LogP) is 4.70. The molecular weight excluding hydrogens is 288 g/mol. The van der Waals surface area contributed by atoms with Crippen molar-refractivity contribution >= 4 is 33.0 Å². The highest BCUT2D eigenvalue weighted by atomic mass is 79.9. The summed E-state index contributed by atoms with van der Waals surface area (Å²) in [6.45, 7) is 6.25. The molecule has 2 aromatic carbocycles. The van der Waals surface area contributed by atoms with Crippen molar-refractivity contribution in [3.63, 3.8) is 0 Å². The molecular formula is C15H17BrN2. The average Bonchev–Trinajstić information content (AvgIpc) is 2.32. The Morgan fingerprint density at radius 3 is 2.44 bits per heavy atom. The molecule has 0 fully saturated rings. The van der Waals surface area contributed by atoms with Gasteiger partial charge in [-0.2, -0.15) is 0 Å². The molecule has 0 heterocycles. The molecule has 0 amide bonds. The number of aryl methyl sites for hydroxylation is 2. The number of hydrogen-bond acceptors (Lipinski definition) is 2. The maximum atomic E-state index is 5.88. The highest BCUT2D eigenvalue weighted by Gasteiger charge is 2.06. The maximum absolute atomic E-state index is 5.88. The van der Waals surface area contributed by atoms with Crippen molar-refractivity contribution in [2.24, 2.45) is 0 Å². The van der Waals surface area contributed by atoms with Crippen molar-refractivity contribution in [2.45, 2.75) is 20.8 Å². The van der Waals surface area contributed by atoms with E-state index < -0.39 is 0 Å². The van der Waals surface area contributed by atoms with Gasteiger partial charge >= 0.3 is 0 Å². The van der Waals surface area contributed by atoms with Crippen LogP contribution in [0.2, 0.25) is 0 Å². The number of anilines is 3. The molecule has 0 aliphatic rings. The molecule has 0 radical (unpaired) electrons. The largest absolute Gasteiger partial charge is 0.398 e. The summed E-state index contributed by atoms with van der Waals surface area (Å²) in [6, 6.07) is 10.2. The fourth-order valence-corrected chi connectivity index (χ4v) is 2.28. The topological polar surface area (TPSA) is 38.0 Å². The highest BCUT2D eigenvalue weighted by Crippen LogP contribution is 2.31. The molecule has 0 spiro atoms. The monoisotopic (exact) mass is 304 g/mol. The Bertz CT molecular complexity index is 591. The Morgan fingerprint density at radius 1 is 1.00 bits per heavy atom. The maximum Gasteiger partial charge on any atom is 0.0532 e. The van der Waals surface area contributed by atoms with Crippen molar-refractivity contribution in [3.8, 4) is 0 Å². The molecule has 18 heavy (non-hydrogen) atoms. The third-order valence-corrected chi connectivity index (χ3v) is 3.89. The van der Waals surface area contributed by atoms with Gasteiger partial charge in [-0.25, -0.2) is 0 Å². The lowest BCUT2D eigenvalue weighted by Gasteiger charge is -2.14. The molecule has 0 aromatic heterocycles. The summed E-state index contributed by atoms with van der Waals surface area (Å²) >= 11 is 3.54. The Balaban J connectivity index is 2.40. The summed E-state index contributed by atoms with van der Waals surface area (Å²) < 4.78 is 0.978. The van der Waals surface area contributed by atoms with Gasteiger partial charge in [0.05, 0.1) is 5.69 Å². The molecule has 0 atom stereocenters. The summed E-state index contributed by atoms with van der Waals surface area (Å²) in [5.41, 5.74) is 12.5. The van der Waals surface area contributed by atoms with Gasteiger partial charge in [0.2, 0.25) is 0 Å². The van der Waals surface area contributed by atoms with Crippen LogP contribution in [0.15, 0.2) is 34.8 Å². The zero-order chi connectivity index (χ0) is 13.3. The van der Waals surface area contributed by atoms with Gasteiger partial charge in [0, 0.05) is 15.8 Å². The first-order valence-corrected chi connectivity index (χ1v) is 6.67. The molecule has 0 saturated carbocycles. The van der Waals surface area contributed by atoms with E-state index in [2.05, 4.69) is 59.4 Å². The third kappa shape index (κ3) is 2.51. The van der Waals surface area contributed by atoms with Crippen molar-refractivity contribution < 1.29 is 0 Å². The number of benzene rings is 2. The summed E-state index contributed by atoms with van der Waals surface area (Å²) in [4.78, 5) is 0. The zero-order valence-electron chi connectivity index (χ0n) is 10.8. The molecule has 0 saturated heterocycles. The summed E-state index contributed by atoms with van der Waals surface area (Å²) in [5, 5.41) is 3.45. The van der Waals surface area contributed by atoms with E-state index in [9.17, 15) is 0 Å². The lowest BCUT2D eigenvalue weighted by Crippen LogP contribution is -1.98. The van der Waals surface area contributed by atoms with Crippen molar-refractivity contribution in [1.82, 2.24) is 0 Å². The van der Waals surface area contributed by atoms with E-state index in [0.29, 0.717) is 0 Å². The second kappa shape index (κ2) is 5.02. The van der Waals surface area contributed by atoms with Crippen molar-refractivity contribution in [3.05, 3.63) is 51.5 Å². The van der Waals surface area contributed by atoms with E-state index in [1.807, 2.05) is 13.0 Å². The van der Waals surface area contributed by atoms with E-state index in [-0.39, 0.29) is 0 Å². The molecule has 3 heteroatoms. The quantitative estimate of drug-likeness (QED) is 0.789. The highest BCUT2D eigenvalue weighted by molar-refractivity contribution is 9.10. The van der Waals surface area contributed by atoms with E-state index >= 15 is 0 Å². The van der Waals surface area contributed by atoms with E-state index in [1.165, 1.54) is 11.1 Å². The molecule has 0 unspecified atom stereocenters. The Hall–Kier alpha value is -1.48. The second-order valence-corrected chi connectivity index (χ2v) is 5.42. The van der Waals surface area contributed by atoms with E-state index in [1.54, 1.807) is 0 Å². The summed E-state index contributed by atoms with van der Waals surface area (Å²) in [6.07, 6.45) is 0. The number of nitrogens with one attached hydrogen (secondary N) is 1. The third-order valence-electron chi connectivity index (χ3n) is 3.23. The zero-order valence-corrected chi connectivity index (χ0v) is 12.4. The molecule has 0 bridgehead atoms.